The van der Waals surface area contributed by atoms with Crippen LogP contribution in [0.4, 0.5) is 10.2 Å². The molecule has 1 aliphatic rings. The van der Waals surface area contributed by atoms with E-state index in [1.165, 1.54) is 12.1 Å². The van der Waals surface area contributed by atoms with E-state index in [-0.39, 0.29) is 11.7 Å². The maximum atomic E-state index is 13.1. The molecule has 1 N–H and O–H groups in total. The number of fused-ring (bicyclic) bond motifs is 1. The van der Waals surface area contributed by atoms with E-state index in [1.807, 2.05) is 6.07 Å². The van der Waals surface area contributed by atoms with Crippen LogP contribution in [0, 0.1) is 11.7 Å². The Bertz CT molecular complexity index is 914. The summed E-state index contributed by atoms with van der Waals surface area (Å²) in [6.45, 7) is 1.31. The minimum absolute atomic E-state index is 0.281. The number of carboxylic acids is 1. The number of carboxylic acid groups (broad SMARTS) is 1. The Morgan fingerprint density at radius 3 is 2.60 bits per heavy atom. The fraction of sp³-hybridized carbons (Fsp3) is 0.278. The number of carbonyl (C=O) groups is 1. The minimum Gasteiger partial charge on any atom is -0.481 e. The van der Waals surface area contributed by atoms with E-state index in [4.69, 9.17) is 5.11 Å². The second-order valence-electron chi connectivity index (χ2n) is 6.22. The smallest absolute Gasteiger partial charge is 0.306 e. The van der Waals surface area contributed by atoms with Crippen LogP contribution in [0.2, 0.25) is 0 Å². The zero-order valence-corrected chi connectivity index (χ0v) is 13.5. The summed E-state index contributed by atoms with van der Waals surface area (Å²) >= 11 is 0. The van der Waals surface area contributed by atoms with E-state index >= 15 is 0 Å². The van der Waals surface area contributed by atoms with E-state index in [0.29, 0.717) is 25.9 Å². The number of rotatable bonds is 3. The van der Waals surface area contributed by atoms with Gasteiger partial charge >= 0.3 is 5.97 Å². The van der Waals surface area contributed by atoms with Crippen molar-refractivity contribution in [2.75, 3.05) is 18.0 Å². The molecule has 7 heteroatoms. The van der Waals surface area contributed by atoms with Crippen molar-refractivity contribution in [3.05, 3.63) is 48.5 Å². The lowest BCUT2D eigenvalue weighted by Crippen LogP contribution is -2.37. The quantitative estimate of drug-likeness (QED) is 0.794. The Morgan fingerprint density at radius 2 is 1.92 bits per heavy atom. The minimum atomic E-state index is -0.728. The predicted octanol–water partition coefficient (Wildman–Crippen LogP) is 2.84. The van der Waals surface area contributed by atoms with Gasteiger partial charge in [0.1, 0.15) is 11.3 Å². The highest BCUT2D eigenvalue weighted by Gasteiger charge is 2.26. The van der Waals surface area contributed by atoms with Crippen molar-refractivity contribution in [2.45, 2.75) is 12.8 Å². The van der Waals surface area contributed by atoms with E-state index in [9.17, 15) is 9.18 Å². The molecular weight excluding hydrogens is 323 g/mol. The molecule has 0 spiro atoms. The summed E-state index contributed by atoms with van der Waals surface area (Å²) in [5.74, 6) is -0.493. The molecule has 128 valence electrons. The first-order valence-corrected chi connectivity index (χ1v) is 8.20. The molecule has 0 saturated carbocycles. The average Bonchev–Trinajstić information content (AvgIpc) is 3.06. The first-order chi connectivity index (χ1) is 12.1. The van der Waals surface area contributed by atoms with E-state index in [0.717, 1.165) is 22.6 Å². The van der Waals surface area contributed by atoms with Crippen LogP contribution in [-0.4, -0.2) is 38.8 Å². The first-order valence-electron chi connectivity index (χ1n) is 8.20. The summed E-state index contributed by atoms with van der Waals surface area (Å²) in [4.78, 5) is 17.7. The van der Waals surface area contributed by atoms with Gasteiger partial charge in [0.15, 0.2) is 5.82 Å². The molecule has 0 bridgehead atoms. The summed E-state index contributed by atoms with van der Waals surface area (Å²) in [5, 5.41) is 13.7. The SMILES string of the molecule is O=C(O)C1CCN(c2nccn3nc(-c4ccc(F)cc4)cc23)CC1. The van der Waals surface area contributed by atoms with Gasteiger partial charge in [-0.3, -0.25) is 4.79 Å². The second kappa shape index (κ2) is 6.16. The summed E-state index contributed by atoms with van der Waals surface area (Å²) in [6, 6.07) is 8.15. The van der Waals surface area contributed by atoms with Gasteiger partial charge in [0, 0.05) is 31.0 Å². The molecule has 6 nitrogen and oxygen atoms in total. The molecular formula is C18H17FN4O2. The molecule has 25 heavy (non-hydrogen) atoms. The molecule has 3 heterocycles. The summed E-state index contributed by atoms with van der Waals surface area (Å²) in [5.41, 5.74) is 2.44. The average molecular weight is 340 g/mol. The summed E-state index contributed by atoms with van der Waals surface area (Å²) in [6.07, 6.45) is 4.68. The van der Waals surface area contributed by atoms with Crippen molar-refractivity contribution in [1.29, 1.82) is 0 Å². The van der Waals surface area contributed by atoms with Crippen molar-refractivity contribution in [2.24, 2.45) is 5.92 Å². The van der Waals surface area contributed by atoms with Gasteiger partial charge in [-0.1, -0.05) is 0 Å². The first kappa shape index (κ1) is 15.6. The van der Waals surface area contributed by atoms with Crippen LogP contribution < -0.4 is 4.90 Å². The molecule has 0 radical (unpaired) electrons. The zero-order chi connectivity index (χ0) is 17.4. The largest absolute Gasteiger partial charge is 0.481 e. The lowest BCUT2D eigenvalue weighted by Gasteiger charge is -2.31. The fourth-order valence-corrected chi connectivity index (χ4v) is 3.25. The monoisotopic (exact) mass is 340 g/mol. The van der Waals surface area contributed by atoms with Crippen LogP contribution >= 0.6 is 0 Å². The van der Waals surface area contributed by atoms with Crippen LogP contribution in [-0.2, 0) is 4.79 Å². The molecule has 1 aliphatic heterocycles. The lowest BCUT2D eigenvalue weighted by molar-refractivity contribution is -0.142. The third-order valence-electron chi connectivity index (χ3n) is 4.65. The fourth-order valence-electron chi connectivity index (χ4n) is 3.25. The molecule has 2 aromatic heterocycles. The second-order valence-corrected chi connectivity index (χ2v) is 6.22. The third kappa shape index (κ3) is 2.93. The van der Waals surface area contributed by atoms with E-state index < -0.39 is 5.97 Å². The number of benzene rings is 1. The number of anilines is 1. The Balaban J connectivity index is 1.66. The Morgan fingerprint density at radius 1 is 1.20 bits per heavy atom. The van der Waals surface area contributed by atoms with Gasteiger partial charge in [-0.25, -0.2) is 13.9 Å². The van der Waals surface area contributed by atoms with E-state index in [1.54, 1.807) is 29.0 Å². The number of halogens is 1. The topological polar surface area (TPSA) is 70.7 Å². The van der Waals surface area contributed by atoms with Crippen molar-refractivity contribution < 1.29 is 14.3 Å². The number of nitrogens with zero attached hydrogens (tertiary/aromatic N) is 4. The number of hydrogen-bond acceptors (Lipinski definition) is 4. The molecule has 1 aromatic carbocycles. The molecule has 1 saturated heterocycles. The number of aromatic nitrogens is 3. The molecule has 4 rings (SSSR count). The number of piperidine rings is 1. The predicted molar refractivity (Wildman–Crippen MR) is 91.0 cm³/mol. The summed E-state index contributed by atoms with van der Waals surface area (Å²) < 4.78 is 14.9. The van der Waals surface area contributed by atoms with Crippen molar-refractivity contribution in [3.63, 3.8) is 0 Å². The highest BCUT2D eigenvalue weighted by molar-refractivity contribution is 5.76. The maximum absolute atomic E-state index is 13.1. The van der Waals surface area contributed by atoms with Crippen LogP contribution in [0.15, 0.2) is 42.7 Å². The van der Waals surface area contributed by atoms with Gasteiger partial charge in [-0.05, 0) is 43.2 Å². The van der Waals surface area contributed by atoms with E-state index in [2.05, 4.69) is 15.0 Å². The Labute approximate surface area is 143 Å². The van der Waals surface area contributed by atoms with Gasteiger partial charge in [-0.2, -0.15) is 5.10 Å². The molecule has 0 aliphatic carbocycles. The summed E-state index contributed by atoms with van der Waals surface area (Å²) in [7, 11) is 0. The van der Waals surface area contributed by atoms with Crippen molar-refractivity contribution in [1.82, 2.24) is 14.6 Å². The number of aliphatic carboxylic acids is 1. The molecule has 0 atom stereocenters. The molecule has 0 unspecified atom stereocenters. The molecule has 3 aromatic rings. The normalized spacial score (nSPS) is 15.6. The zero-order valence-electron chi connectivity index (χ0n) is 13.5. The van der Waals surface area contributed by atoms with Crippen molar-refractivity contribution in [3.8, 4) is 11.3 Å². The third-order valence-corrected chi connectivity index (χ3v) is 4.65. The number of hydrogen-bond donors (Lipinski definition) is 1. The van der Waals surface area contributed by atoms with Crippen LogP contribution in [0.25, 0.3) is 16.8 Å². The highest BCUT2D eigenvalue weighted by Crippen LogP contribution is 2.28. The van der Waals surface area contributed by atoms with Gasteiger partial charge in [0.05, 0.1) is 11.6 Å². The maximum Gasteiger partial charge on any atom is 0.306 e. The van der Waals surface area contributed by atoms with Gasteiger partial charge in [-0.15, -0.1) is 0 Å². The van der Waals surface area contributed by atoms with Crippen LogP contribution in [0.5, 0.6) is 0 Å². The van der Waals surface area contributed by atoms with Gasteiger partial charge in [0.2, 0.25) is 0 Å². The molecule has 1 fully saturated rings. The van der Waals surface area contributed by atoms with Gasteiger partial charge in [0.25, 0.3) is 0 Å². The van der Waals surface area contributed by atoms with Gasteiger partial charge < -0.3 is 10.0 Å². The Kier molecular flexibility index (Phi) is 3.83. The van der Waals surface area contributed by atoms with Crippen LogP contribution in [0.1, 0.15) is 12.8 Å². The highest BCUT2D eigenvalue weighted by atomic mass is 19.1. The van der Waals surface area contributed by atoms with Crippen molar-refractivity contribution >= 4 is 17.3 Å². The molecule has 0 amide bonds. The standard InChI is InChI=1S/C18H17FN4O2/c19-14-3-1-12(2-4-14)15-11-16-17(20-7-10-23(16)21-15)22-8-5-13(6-9-22)18(24)25/h1-4,7,10-11,13H,5-6,8-9H2,(H,24,25). The lowest BCUT2D eigenvalue weighted by atomic mass is 9.97. The van der Waals surface area contributed by atoms with Crippen LogP contribution in [0.3, 0.4) is 0 Å². The Hall–Kier alpha value is -2.96.